The Hall–Kier alpha value is -1.55. The second-order valence-corrected chi connectivity index (χ2v) is 3.88. The molecule has 1 aliphatic carbocycles. The first-order chi connectivity index (χ1) is 8.54. The van der Waals surface area contributed by atoms with Gasteiger partial charge in [-0.15, -0.1) is 0 Å². The minimum Gasteiger partial charge on any atom is -0.512 e. The van der Waals surface area contributed by atoms with Gasteiger partial charge in [0.2, 0.25) is 0 Å². The molecule has 1 aliphatic rings. The fourth-order valence-electron chi connectivity index (χ4n) is 1.20. The van der Waals surface area contributed by atoms with Crippen molar-refractivity contribution in [2.45, 2.75) is 27.2 Å². The van der Waals surface area contributed by atoms with Crippen molar-refractivity contribution >= 4 is 5.97 Å². The van der Waals surface area contributed by atoms with Gasteiger partial charge in [-0.3, -0.25) is 0 Å². The Morgan fingerprint density at radius 2 is 2.06 bits per heavy atom. The molecule has 4 nitrogen and oxygen atoms in total. The van der Waals surface area contributed by atoms with Gasteiger partial charge in [0.05, 0.1) is 17.9 Å². The van der Waals surface area contributed by atoms with Crippen molar-refractivity contribution in [2.24, 2.45) is 0 Å². The molecule has 1 rings (SSSR count). The zero-order valence-corrected chi connectivity index (χ0v) is 11.6. The van der Waals surface area contributed by atoms with Crippen LogP contribution in [0.15, 0.2) is 35.1 Å². The molecule has 18 heavy (non-hydrogen) atoms. The van der Waals surface area contributed by atoms with Crippen LogP contribution in [0.1, 0.15) is 27.2 Å². The van der Waals surface area contributed by atoms with Crippen molar-refractivity contribution in [3.8, 4) is 0 Å². The van der Waals surface area contributed by atoms with Crippen molar-refractivity contribution in [3.05, 3.63) is 35.1 Å². The van der Waals surface area contributed by atoms with E-state index in [0.717, 1.165) is 12.1 Å². The Bertz CT molecular complexity index is 352. The maximum Gasteiger partial charge on any atom is 0.338 e. The molecule has 0 bridgehead atoms. The van der Waals surface area contributed by atoms with Crippen LogP contribution < -0.4 is 5.32 Å². The predicted octanol–water partition coefficient (Wildman–Crippen LogP) is 2.49. The summed E-state index contributed by atoms with van der Waals surface area (Å²) in [6.07, 6.45) is 5.41. The van der Waals surface area contributed by atoms with Crippen molar-refractivity contribution in [1.29, 1.82) is 0 Å². The molecule has 0 aromatic rings. The van der Waals surface area contributed by atoms with Crippen molar-refractivity contribution in [1.82, 2.24) is 5.32 Å². The van der Waals surface area contributed by atoms with Gasteiger partial charge in [-0.05, 0) is 39.6 Å². The number of carbonyl (C=O) groups excluding carboxylic acids is 1. The van der Waals surface area contributed by atoms with Crippen LogP contribution >= 0.6 is 0 Å². The first-order valence-corrected chi connectivity index (χ1v) is 6.13. The van der Waals surface area contributed by atoms with E-state index < -0.39 is 5.97 Å². The van der Waals surface area contributed by atoms with Crippen molar-refractivity contribution in [2.75, 3.05) is 20.2 Å². The molecule has 0 unspecified atom stereocenters. The molecule has 2 N–H and O–H groups in total. The lowest BCUT2D eigenvalue weighted by Gasteiger charge is -2.01. The van der Waals surface area contributed by atoms with Gasteiger partial charge >= 0.3 is 5.97 Å². The number of hydrogen-bond acceptors (Lipinski definition) is 4. The number of aliphatic hydroxyl groups is 1. The van der Waals surface area contributed by atoms with Gasteiger partial charge in [0.1, 0.15) is 0 Å². The van der Waals surface area contributed by atoms with Gasteiger partial charge in [0.25, 0.3) is 0 Å². The molecule has 0 saturated heterocycles. The summed E-state index contributed by atoms with van der Waals surface area (Å²) in [6, 6.07) is 0. The number of carbonyl (C=O) groups is 1. The second-order valence-electron chi connectivity index (χ2n) is 3.88. The average molecular weight is 253 g/mol. The smallest absolute Gasteiger partial charge is 0.338 e. The first-order valence-electron chi connectivity index (χ1n) is 6.13. The number of ether oxygens (including phenoxy) is 1. The lowest BCUT2D eigenvalue weighted by atomic mass is 10.2. The van der Waals surface area contributed by atoms with Crippen LogP contribution in [-0.4, -0.2) is 31.3 Å². The van der Waals surface area contributed by atoms with Crippen LogP contribution in [0.25, 0.3) is 0 Å². The summed E-state index contributed by atoms with van der Waals surface area (Å²) in [5.41, 5.74) is 1.40. The van der Waals surface area contributed by atoms with Gasteiger partial charge in [-0.25, -0.2) is 4.79 Å². The summed E-state index contributed by atoms with van der Waals surface area (Å²) in [4.78, 5) is 11.3. The molecular formula is C14H23NO3. The number of aliphatic hydroxyl groups excluding tert-OH is 1. The third-order valence-corrected chi connectivity index (χ3v) is 2.19. The highest BCUT2D eigenvalue weighted by molar-refractivity contribution is 5.92. The third kappa shape index (κ3) is 6.91. The van der Waals surface area contributed by atoms with Gasteiger partial charge in [0, 0.05) is 6.42 Å². The van der Waals surface area contributed by atoms with E-state index in [9.17, 15) is 9.90 Å². The molecule has 102 valence electrons. The number of rotatable bonds is 3. The van der Waals surface area contributed by atoms with Crippen molar-refractivity contribution in [3.63, 3.8) is 0 Å². The number of allylic oxidation sites excluding steroid dienone is 3. The van der Waals surface area contributed by atoms with Crippen LogP contribution in [0.3, 0.4) is 0 Å². The van der Waals surface area contributed by atoms with Crippen LogP contribution in [-0.2, 0) is 9.53 Å². The average Bonchev–Trinajstić information content (AvgIpc) is 2.51. The predicted molar refractivity (Wildman–Crippen MR) is 73.4 cm³/mol. The largest absolute Gasteiger partial charge is 0.512 e. The van der Waals surface area contributed by atoms with E-state index in [1.807, 2.05) is 20.0 Å². The fourth-order valence-corrected chi connectivity index (χ4v) is 1.20. The normalized spacial score (nSPS) is 14.3. The summed E-state index contributed by atoms with van der Waals surface area (Å²) in [5.74, 6) is -0.208. The van der Waals surface area contributed by atoms with E-state index in [0.29, 0.717) is 18.6 Å². The zero-order chi connectivity index (χ0) is 14.0. The van der Waals surface area contributed by atoms with Gasteiger partial charge < -0.3 is 15.2 Å². The lowest BCUT2D eigenvalue weighted by molar-refractivity contribution is -0.138. The summed E-state index contributed by atoms with van der Waals surface area (Å²) < 4.78 is 4.83. The summed E-state index contributed by atoms with van der Waals surface area (Å²) in [6.45, 7) is 7.13. The maximum absolute atomic E-state index is 11.3. The number of esters is 1. The van der Waals surface area contributed by atoms with Gasteiger partial charge in [0.15, 0.2) is 0 Å². The molecule has 0 aliphatic heterocycles. The highest BCUT2D eigenvalue weighted by atomic mass is 16.5. The SMILES string of the molecule is CCNC.CCOC(=O)C1=CC=C(C)CC(O)=C1. The Labute approximate surface area is 109 Å². The molecule has 0 fully saturated rings. The highest BCUT2D eigenvalue weighted by Crippen LogP contribution is 2.16. The van der Waals surface area contributed by atoms with Gasteiger partial charge in [-0.1, -0.05) is 18.6 Å². The summed E-state index contributed by atoms with van der Waals surface area (Å²) >= 11 is 0. The maximum atomic E-state index is 11.3. The summed E-state index contributed by atoms with van der Waals surface area (Å²) in [5, 5.41) is 12.3. The molecule has 0 spiro atoms. The quantitative estimate of drug-likeness (QED) is 0.759. The van der Waals surface area contributed by atoms with Crippen LogP contribution in [0.2, 0.25) is 0 Å². The highest BCUT2D eigenvalue weighted by Gasteiger charge is 2.10. The second kappa shape index (κ2) is 9.48. The lowest BCUT2D eigenvalue weighted by Crippen LogP contribution is -2.06. The van der Waals surface area contributed by atoms with Crippen molar-refractivity contribution < 1.29 is 14.6 Å². The number of hydrogen-bond donors (Lipinski definition) is 2. The first kappa shape index (κ1) is 16.4. The minimum absolute atomic E-state index is 0.190. The third-order valence-electron chi connectivity index (χ3n) is 2.19. The Balaban J connectivity index is 0.000000631. The molecular weight excluding hydrogens is 230 g/mol. The molecule has 0 heterocycles. The Morgan fingerprint density at radius 1 is 1.44 bits per heavy atom. The minimum atomic E-state index is -0.398. The monoisotopic (exact) mass is 253 g/mol. The topological polar surface area (TPSA) is 58.6 Å². The van der Waals surface area contributed by atoms with E-state index >= 15 is 0 Å². The molecule has 0 radical (unpaired) electrons. The van der Waals surface area contributed by atoms with Crippen LogP contribution in [0.5, 0.6) is 0 Å². The van der Waals surface area contributed by atoms with E-state index in [-0.39, 0.29) is 5.76 Å². The van der Waals surface area contributed by atoms with Crippen LogP contribution in [0.4, 0.5) is 0 Å². The van der Waals surface area contributed by atoms with E-state index in [1.54, 1.807) is 13.0 Å². The molecule has 0 aromatic heterocycles. The molecule has 0 saturated carbocycles. The molecule has 0 atom stereocenters. The molecule has 0 amide bonds. The standard InChI is InChI=1S/C11H14O3.C3H9N/c1-3-14-11(13)9-5-4-8(2)6-10(12)7-9;1-3-4-2/h4-5,7,12H,3,6H2,1-2H3;4H,3H2,1-2H3. The van der Waals surface area contributed by atoms with E-state index in [2.05, 4.69) is 12.2 Å². The summed E-state index contributed by atoms with van der Waals surface area (Å²) in [7, 11) is 1.93. The van der Waals surface area contributed by atoms with E-state index in [1.165, 1.54) is 6.08 Å². The Kier molecular flexibility index (Phi) is 8.66. The Morgan fingerprint density at radius 3 is 2.56 bits per heavy atom. The fraction of sp³-hybridized carbons (Fsp3) is 0.500. The van der Waals surface area contributed by atoms with E-state index in [4.69, 9.17) is 4.74 Å². The number of nitrogens with one attached hydrogen (secondary N) is 1. The molecule has 0 aromatic carbocycles. The molecule has 4 heteroatoms. The van der Waals surface area contributed by atoms with Crippen LogP contribution in [0, 0.1) is 0 Å². The van der Waals surface area contributed by atoms with Gasteiger partial charge in [-0.2, -0.15) is 0 Å². The zero-order valence-electron chi connectivity index (χ0n) is 11.6.